The Labute approximate surface area is 149 Å². The van der Waals surface area contributed by atoms with Crippen molar-refractivity contribution in [3.05, 3.63) is 65.7 Å². The Balaban J connectivity index is 1.48. The Morgan fingerprint density at radius 1 is 1.12 bits per heavy atom. The summed E-state index contributed by atoms with van der Waals surface area (Å²) in [7, 11) is 0. The third-order valence-corrected chi connectivity index (χ3v) is 4.09. The number of rotatable bonds is 4. The fourth-order valence-electron chi connectivity index (χ4n) is 2.70. The third-order valence-electron chi connectivity index (χ3n) is 4.09. The lowest BCUT2D eigenvalue weighted by molar-refractivity contribution is 0.0938. The molecule has 2 aromatic heterocycles. The van der Waals surface area contributed by atoms with Crippen molar-refractivity contribution in [3.63, 3.8) is 0 Å². The molecular formula is C19H17N5O2. The Morgan fingerprint density at radius 2 is 1.88 bits per heavy atom. The van der Waals surface area contributed by atoms with Gasteiger partial charge in [-0.25, -0.2) is 4.98 Å². The van der Waals surface area contributed by atoms with E-state index in [9.17, 15) is 4.79 Å². The molecule has 26 heavy (non-hydrogen) atoms. The molecule has 1 amide bonds. The molecule has 4 aromatic rings. The van der Waals surface area contributed by atoms with Crippen LogP contribution in [0.15, 0.2) is 53.1 Å². The van der Waals surface area contributed by atoms with Crippen molar-refractivity contribution in [2.24, 2.45) is 0 Å². The lowest BCUT2D eigenvalue weighted by Gasteiger charge is -2.11. The first-order chi connectivity index (χ1) is 12.6. The lowest BCUT2D eigenvalue weighted by Crippen LogP contribution is -2.27. The molecule has 1 atom stereocenters. The number of fused-ring (bicyclic) bond motifs is 1. The summed E-state index contributed by atoms with van der Waals surface area (Å²) in [5, 5.41) is 6.72. The van der Waals surface area contributed by atoms with Gasteiger partial charge in [0.25, 0.3) is 11.8 Å². The van der Waals surface area contributed by atoms with E-state index in [1.165, 1.54) is 0 Å². The molecule has 2 aromatic carbocycles. The second-order valence-electron chi connectivity index (χ2n) is 6.06. The van der Waals surface area contributed by atoms with E-state index in [-0.39, 0.29) is 11.9 Å². The van der Waals surface area contributed by atoms with E-state index in [0.29, 0.717) is 17.3 Å². The summed E-state index contributed by atoms with van der Waals surface area (Å²) in [6, 6.07) is 14.6. The molecule has 0 saturated heterocycles. The molecule has 0 aliphatic carbocycles. The van der Waals surface area contributed by atoms with Gasteiger partial charge >= 0.3 is 0 Å². The Morgan fingerprint density at radius 3 is 2.58 bits per heavy atom. The summed E-state index contributed by atoms with van der Waals surface area (Å²) in [5.74, 6) is 1.55. The van der Waals surface area contributed by atoms with E-state index < -0.39 is 0 Å². The van der Waals surface area contributed by atoms with Gasteiger partial charge in [-0.2, -0.15) is 4.98 Å². The number of hydrogen-bond donors (Lipinski definition) is 2. The first-order valence-electron chi connectivity index (χ1n) is 8.26. The molecule has 0 spiro atoms. The average molecular weight is 347 g/mol. The summed E-state index contributed by atoms with van der Waals surface area (Å²) in [6.07, 6.45) is 0. The Kier molecular flexibility index (Phi) is 3.96. The van der Waals surface area contributed by atoms with Crippen LogP contribution >= 0.6 is 0 Å². The number of H-pyrrole nitrogens is 1. The van der Waals surface area contributed by atoms with E-state index in [0.717, 1.165) is 22.4 Å². The molecule has 2 N–H and O–H groups in total. The fraction of sp³-hybridized carbons (Fsp3) is 0.158. The largest absolute Gasteiger partial charge is 0.342 e. The zero-order valence-corrected chi connectivity index (χ0v) is 14.4. The van der Waals surface area contributed by atoms with Crippen LogP contribution in [-0.2, 0) is 0 Å². The van der Waals surface area contributed by atoms with Crippen LogP contribution in [0.1, 0.15) is 35.0 Å². The lowest BCUT2D eigenvalue weighted by atomic mass is 10.1. The third kappa shape index (κ3) is 3.06. The zero-order valence-electron chi connectivity index (χ0n) is 14.4. The molecule has 130 valence electrons. The van der Waals surface area contributed by atoms with Crippen molar-refractivity contribution in [1.29, 1.82) is 0 Å². The van der Waals surface area contributed by atoms with Gasteiger partial charge in [-0.1, -0.05) is 17.3 Å². The van der Waals surface area contributed by atoms with Crippen LogP contribution in [0.5, 0.6) is 0 Å². The van der Waals surface area contributed by atoms with Crippen LogP contribution in [-0.4, -0.2) is 26.0 Å². The van der Waals surface area contributed by atoms with Gasteiger partial charge in [-0.05, 0) is 50.2 Å². The van der Waals surface area contributed by atoms with Gasteiger partial charge < -0.3 is 14.8 Å². The van der Waals surface area contributed by atoms with Gasteiger partial charge in [0.05, 0.1) is 17.1 Å². The van der Waals surface area contributed by atoms with Gasteiger partial charge in [0, 0.05) is 11.1 Å². The molecule has 0 aliphatic rings. The molecular weight excluding hydrogens is 330 g/mol. The van der Waals surface area contributed by atoms with Crippen LogP contribution in [0.4, 0.5) is 0 Å². The fourth-order valence-corrected chi connectivity index (χ4v) is 2.70. The first kappa shape index (κ1) is 16.0. The predicted octanol–water partition coefficient (Wildman–Crippen LogP) is 3.41. The van der Waals surface area contributed by atoms with Crippen molar-refractivity contribution >= 4 is 16.9 Å². The highest BCUT2D eigenvalue weighted by molar-refractivity contribution is 5.94. The maximum absolute atomic E-state index is 12.5. The number of aromatic nitrogens is 4. The molecule has 0 saturated carbocycles. The smallest absolute Gasteiger partial charge is 0.257 e. The number of nitrogens with zero attached hydrogens (tertiary/aromatic N) is 3. The number of imidazole rings is 1. The number of aromatic amines is 1. The van der Waals surface area contributed by atoms with Crippen LogP contribution in [0, 0.1) is 6.92 Å². The molecule has 7 heteroatoms. The highest BCUT2D eigenvalue weighted by Gasteiger charge is 2.15. The number of hydrogen-bond acceptors (Lipinski definition) is 5. The number of carbonyl (C=O) groups excluding carboxylic acids is 1. The van der Waals surface area contributed by atoms with Crippen molar-refractivity contribution in [2.45, 2.75) is 19.9 Å². The maximum Gasteiger partial charge on any atom is 0.257 e. The van der Waals surface area contributed by atoms with Crippen molar-refractivity contribution in [1.82, 2.24) is 25.4 Å². The summed E-state index contributed by atoms with van der Waals surface area (Å²) < 4.78 is 5.13. The van der Waals surface area contributed by atoms with Crippen molar-refractivity contribution in [2.75, 3.05) is 0 Å². The van der Waals surface area contributed by atoms with Crippen LogP contribution in [0.25, 0.3) is 22.5 Å². The Hall–Kier alpha value is -3.48. The summed E-state index contributed by atoms with van der Waals surface area (Å²) >= 11 is 0. The summed E-state index contributed by atoms with van der Waals surface area (Å²) in [4.78, 5) is 24.4. The topological polar surface area (TPSA) is 96.7 Å². The molecule has 0 bridgehead atoms. The maximum atomic E-state index is 12.5. The quantitative estimate of drug-likeness (QED) is 0.590. The van der Waals surface area contributed by atoms with Crippen molar-refractivity contribution < 1.29 is 9.32 Å². The van der Waals surface area contributed by atoms with Crippen molar-refractivity contribution in [3.8, 4) is 11.5 Å². The molecule has 0 aliphatic heterocycles. The predicted molar refractivity (Wildman–Crippen MR) is 96.4 cm³/mol. The van der Waals surface area contributed by atoms with Gasteiger partial charge in [0.15, 0.2) is 5.82 Å². The van der Waals surface area contributed by atoms with E-state index in [1.807, 2.05) is 31.2 Å². The number of benzene rings is 2. The van der Waals surface area contributed by atoms with Gasteiger partial charge in [-0.3, -0.25) is 4.79 Å². The number of para-hydroxylation sites is 2. The highest BCUT2D eigenvalue weighted by atomic mass is 16.5. The SMILES string of the molecule is Cc1noc(-c2ccc(C(=O)NC(C)c3nc4ccccc4[nH]3)cc2)n1. The molecule has 7 nitrogen and oxygen atoms in total. The molecule has 0 radical (unpaired) electrons. The first-order valence-corrected chi connectivity index (χ1v) is 8.26. The van der Waals surface area contributed by atoms with Crippen LogP contribution < -0.4 is 5.32 Å². The molecule has 4 rings (SSSR count). The minimum Gasteiger partial charge on any atom is -0.342 e. The normalized spacial score (nSPS) is 12.2. The van der Waals surface area contributed by atoms with Crippen LogP contribution in [0.3, 0.4) is 0 Å². The van der Waals surface area contributed by atoms with E-state index >= 15 is 0 Å². The van der Waals surface area contributed by atoms with Gasteiger partial charge in [0.1, 0.15) is 5.82 Å². The number of nitrogens with one attached hydrogen (secondary N) is 2. The Bertz CT molecular complexity index is 1030. The average Bonchev–Trinajstić information content (AvgIpc) is 3.28. The standard InChI is InChI=1S/C19H17N5O2/c1-11(17-22-15-5-3-4-6-16(15)23-17)20-18(25)13-7-9-14(10-8-13)19-21-12(2)24-26-19/h3-11H,1-2H3,(H,20,25)(H,22,23). The number of carbonyl (C=O) groups is 1. The number of aryl methyl sites for hydroxylation is 1. The summed E-state index contributed by atoms with van der Waals surface area (Å²) in [5.41, 5.74) is 3.14. The zero-order chi connectivity index (χ0) is 18.1. The molecule has 1 unspecified atom stereocenters. The van der Waals surface area contributed by atoms with E-state index in [1.54, 1.807) is 31.2 Å². The van der Waals surface area contributed by atoms with Gasteiger partial charge in [0.2, 0.25) is 0 Å². The second-order valence-corrected chi connectivity index (χ2v) is 6.06. The van der Waals surface area contributed by atoms with E-state index in [4.69, 9.17) is 4.52 Å². The second kappa shape index (κ2) is 6.44. The van der Waals surface area contributed by atoms with Crippen LogP contribution in [0.2, 0.25) is 0 Å². The highest BCUT2D eigenvalue weighted by Crippen LogP contribution is 2.19. The van der Waals surface area contributed by atoms with E-state index in [2.05, 4.69) is 25.4 Å². The monoisotopic (exact) mass is 347 g/mol. The summed E-state index contributed by atoms with van der Waals surface area (Å²) in [6.45, 7) is 3.65. The number of amides is 1. The molecule has 2 heterocycles. The minimum absolute atomic E-state index is 0.175. The van der Waals surface area contributed by atoms with Gasteiger partial charge in [-0.15, -0.1) is 0 Å². The molecule has 0 fully saturated rings. The minimum atomic E-state index is -0.242.